The van der Waals surface area contributed by atoms with Crippen molar-refractivity contribution in [2.45, 2.75) is 18.9 Å². The average Bonchev–Trinajstić information content (AvgIpc) is 3.04. The number of ether oxygens (including phenoxy) is 1. The van der Waals surface area contributed by atoms with Gasteiger partial charge >= 0.3 is 0 Å². The topological polar surface area (TPSA) is 74.4 Å². The van der Waals surface area contributed by atoms with Crippen molar-refractivity contribution in [1.29, 1.82) is 0 Å². The number of aryl methyl sites for hydroxylation is 1. The predicted octanol–water partition coefficient (Wildman–Crippen LogP) is 0.621. The first-order chi connectivity index (χ1) is 11.1. The maximum absolute atomic E-state index is 12.4. The SMILES string of the molecule is Cc1ccc(C(=O)NC[C@]2(N3CCOCC3)CCSC2)c(=O)[nH]1. The van der Waals surface area contributed by atoms with E-state index in [0.717, 1.165) is 49.9 Å². The Bertz CT molecular complexity index is 619. The minimum absolute atomic E-state index is 0.0123. The maximum Gasteiger partial charge on any atom is 0.260 e. The molecule has 126 valence electrons. The minimum atomic E-state index is -0.330. The maximum atomic E-state index is 12.4. The Morgan fingerprint density at radius 1 is 1.43 bits per heavy atom. The number of amides is 1. The highest BCUT2D eigenvalue weighted by molar-refractivity contribution is 7.99. The summed E-state index contributed by atoms with van der Waals surface area (Å²) in [4.78, 5) is 29.4. The molecule has 0 spiro atoms. The summed E-state index contributed by atoms with van der Waals surface area (Å²) in [6.45, 7) is 5.68. The number of pyridine rings is 1. The highest BCUT2D eigenvalue weighted by Gasteiger charge is 2.40. The van der Waals surface area contributed by atoms with E-state index in [4.69, 9.17) is 4.74 Å². The standard InChI is InChI=1S/C16H23N3O3S/c1-12-2-3-13(15(21)18-12)14(20)17-10-16(4-9-23-11-16)19-5-7-22-8-6-19/h2-3H,4-11H2,1H3,(H,17,20)(H,18,21)/t16-/m1/s1. The number of nitrogens with one attached hydrogen (secondary N) is 2. The van der Waals surface area contributed by atoms with Crippen molar-refractivity contribution in [1.82, 2.24) is 15.2 Å². The summed E-state index contributed by atoms with van der Waals surface area (Å²) in [7, 11) is 0. The number of H-pyrrole nitrogens is 1. The van der Waals surface area contributed by atoms with Crippen LogP contribution >= 0.6 is 11.8 Å². The van der Waals surface area contributed by atoms with Crippen molar-refractivity contribution in [3.05, 3.63) is 33.7 Å². The van der Waals surface area contributed by atoms with E-state index in [-0.39, 0.29) is 22.6 Å². The molecule has 23 heavy (non-hydrogen) atoms. The number of hydrogen-bond acceptors (Lipinski definition) is 5. The number of rotatable bonds is 4. The predicted molar refractivity (Wildman–Crippen MR) is 91.2 cm³/mol. The molecule has 2 aliphatic heterocycles. The first-order valence-electron chi connectivity index (χ1n) is 7.99. The van der Waals surface area contributed by atoms with E-state index in [1.165, 1.54) is 0 Å². The molecule has 2 fully saturated rings. The van der Waals surface area contributed by atoms with Crippen LogP contribution in [-0.4, -0.2) is 65.7 Å². The van der Waals surface area contributed by atoms with E-state index in [0.29, 0.717) is 6.54 Å². The second-order valence-corrected chi connectivity index (χ2v) is 7.30. The lowest BCUT2D eigenvalue weighted by Crippen LogP contribution is -2.59. The third-order valence-corrected chi connectivity index (χ3v) is 5.88. The van der Waals surface area contributed by atoms with Gasteiger partial charge in [0.1, 0.15) is 5.56 Å². The van der Waals surface area contributed by atoms with Gasteiger partial charge in [0.25, 0.3) is 11.5 Å². The third-order valence-electron chi connectivity index (χ3n) is 4.64. The van der Waals surface area contributed by atoms with Crippen LogP contribution in [0.3, 0.4) is 0 Å². The highest BCUT2D eigenvalue weighted by atomic mass is 32.2. The van der Waals surface area contributed by atoms with Gasteiger partial charge in [-0.3, -0.25) is 14.5 Å². The van der Waals surface area contributed by atoms with Crippen molar-refractivity contribution in [2.24, 2.45) is 0 Å². The van der Waals surface area contributed by atoms with Crippen LogP contribution in [-0.2, 0) is 4.74 Å². The zero-order valence-electron chi connectivity index (χ0n) is 13.4. The number of carbonyl (C=O) groups excluding carboxylic acids is 1. The molecule has 0 unspecified atom stereocenters. The third kappa shape index (κ3) is 3.62. The Morgan fingerprint density at radius 2 is 2.22 bits per heavy atom. The number of thioether (sulfide) groups is 1. The molecule has 1 atom stereocenters. The smallest absolute Gasteiger partial charge is 0.260 e. The van der Waals surface area contributed by atoms with Gasteiger partial charge in [0.2, 0.25) is 0 Å². The molecule has 0 aromatic carbocycles. The van der Waals surface area contributed by atoms with Gasteiger partial charge in [-0.1, -0.05) is 0 Å². The first kappa shape index (κ1) is 16.5. The van der Waals surface area contributed by atoms with Crippen LogP contribution in [0.15, 0.2) is 16.9 Å². The van der Waals surface area contributed by atoms with Crippen LogP contribution in [0, 0.1) is 6.92 Å². The van der Waals surface area contributed by atoms with Crippen molar-refractivity contribution in [3.63, 3.8) is 0 Å². The molecule has 1 aromatic heterocycles. The van der Waals surface area contributed by atoms with E-state index in [1.54, 1.807) is 19.1 Å². The number of hydrogen-bond donors (Lipinski definition) is 2. The van der Waals surface area contributed by atoms with Gasteiger partial charge in [-0.15, -0.1) is 0 Å². The molecule has 2 N–H and O–H groups in total. The van der Waals surface area contributed by atoms with Gasteiger partial charge in [-0.25, -0.2) is 0 Å². The molecule has 1 amide bonds. The van der Waals surface area contributed by atoms with E-state index in [2.05, 4.69) is 15.2 Å². The summed E-state index contributed by atoms with van der Waals surface area (Å²) in [6.07, 6.45) is 1.06. The van der Waals surface area contributed by atoms with E-state index in [9.17, 15) is 9.59 Å². The number of carbonyl (C=O) groups is 1. The zero-order chi connectivity index (χ0) is 16.3. The van der Waals surface area contributed by atoms with Crippen LogP contribution in [0.4, 0.5) is 0 Å². The zero-order valence-corrected chi connectivity index (χ0v) is 14.2. The first-order valence-corrected chi connectivity index (χ1v) is 9.15. The molecule has 3 rings (SSSR count). The van der Waals surface area contributed by atoms with Crippen molar-refractivity contribution in [2.75, 3.05) is 44.4 Å². The highest BCUT2D eigenvalue weighted by Crippen LogP contribution is 2.33. The van der Waals surface area contributed by atoms with E-state index < -0.39 is 0 Å². The van der Waals surface area contributed by atoms with Gasteiger partial charge in [0.15, 0.2) is 0 Å². The summed E-state index contributed by atoms with van der Waals surface area (Å²) < 4.78 is 5.44. The molecular weight excluding hydrogens is 314 g/mol. The molecule has 0 radical (unpaired) electrons. The number of morpholine rings is 1. The van der Waals surface area contributed by atoms with E-state index >= 15 is 0 Å². The molecule has 0 bridgehead atoms. The summed E-state index contributed by atoms with van der Waals surface area (Å²) >= 11 is 1.93. The average molecular weight is 337 g/mol. The fourth-order valence-electron chi connectivity index (χ4n) is 3.23. The molecule has 2 aliphatic rings. The second kappa shape index (κ2) is 7.07. The molecular formula is C16H23N3O3S. The fourth-order valence-corrected chi connectivity index (χ4v) is 4.70. The van der Waals surface area contributed by atoms with E-state index in [1.807, 2.05) is 11.8 Å². The van der Waals surface area contributed by atoms with Gasteiger partial charge in [0.05, 0.1) is 13.2 Å². The Labute approximate surface area is 140 Å². The summed E-state index contributed by atoms with van der Waals surface area (Å²) in [5, 5.41) is 2.98. The largest absolute Gasteiger partial charge is 0.379 e. The molecule has 2 saturated heterocycles. The fraction of sp³-hybridized carbons (Fsp3) is 0.625. The monoisotopic (exact) mass is 337 g/mol. The van der Waals surface area contributed by atoms with Gasteiger partial charge in [-0.2, -0.15) is 11.8 Å². The van der Waals surface area contributed by atoms with Gasteiger partial charge in [-0.05, 0) is 31.2 Å². The summed E-state index contributed by atoms with van der Waals surface area (Å²) in [5.74, 6) is 1.83. The number of aromatic nitrogens is 1. The Hall–Kier alpha value is -1.31. The summed E-state index contributed by atoms with van der Waals surface area (Å²) in [6, 6.07) is 3.34. The molecule has 6 nitrogen and oxygen atoms in total. The van der Waals surface area contributed by atoms with Crippen LogP contribution in [0.2, 0.25) is 0 Å². The van der Waals surface area contributed by atoms with Gasteiger partial charge < -0.3 is 15.0 Å². The van der Waals surface area contributed by atoms with Crippen molar-refractivity contribution in [3.8, 4) is 0 Å². The molecule has 0 saturated carbocycles. The quantitative estimate of drug-likeness (QED) is 0.843. The molecule has 7 heteroatoms. The Kier molecular flexibility index (Phi) is 5.08. The van der Waals surface area contributed by atoms with Crippen molar-refractivity contribution >= 4 is 17.7 Å². The van der Waals surface area contributed by atoms with Crippen LogP contribution in [0.1, 0.15) is 22.5 Å². The molecule has 0 aliphatic carbocycles. The number of aromatic amines is 1. The second-order valence-electron chi connectivity index (χ2n) is 6.19. The lowest BCUT2D eigenvalue weighted by molar-refractivity contribution is -0.0129. The molecule has 1 aromatic rings. The van der Waals surface area contributed by atoms with Gasteiger partial charge in [0, 0.05) is 36.6 Å². The van der Waals surface area contributed by atoms with Crippen LogP contribution in [0.5, 0.6) is 0 Å². The van der Waals surface area contributed by atoms with Crippen LogP contribution in [0.25, 0.3) is 0 Å². The van der Waals surface area contributed by atoms with Crippen LogP contribution < -0.4 is 10.9 Å². The number of nitrogens with zero attached hydrogens (tertiary/aromatic N) is 1. The van der Waals surface area contributed by atoms with Crippen molar-refractivity contribution < 1.29 is 9.53 Å². The lowest BCUT2D eigenvalue weighted by atomic mass is 9.95. The summed E-state index contributed by atoms with van der Waals surface area (Å²) in [5.41, 5.74) is 0.590. The Morgan fingerprint density at radius 3 is 2.87 bits per heavy atom. The lowest BCUT2D eigenvalue weighted by Gasteiger charge is -2.43. The Balaban J connectivity index is 1.69. The molecule has 3 heterocycles. The minimum Gasteiger partial charge on any atom is -0.379 e. The normalized spacial score (nSPS) is 25.4.